The number of hydrogen-bond donors (Lipinski definition) is 3. The van der Waals surface area contributed by atoms with Gasteiger partial charge in [0.15, 0.2) is 5.96 Å². The summed E-state index contributed by atoms with van der Waals surface area (Å²) in [7, 11) is 1.63. The van der Waals surface area contributed by atoms with Crippen LogP contribution in [0.3, 0.4) is 0 Å². The van der Waals surface area contributed by atoms with Gasteiger partial charge in [0, 0.05) is 18.5 Å². The molecule has 0 saturated heterocycles. The van der Waals surface area contributed by atoms with E-state index in [1.165, 1.54) is 24.8 Å². The minimum absolute atomic E-state index is 0. The molecule has 29 heavy (non-hydrogen) atoms. The Labute approximate surface area is 191 Å². The fraction of sp³-hybridized carbons (Fsp3) is 0.435. The van der Waals surface area contributed by atoms with Crippen LogP contribution in [0.2, 0.25) is 0 Å². The monoisotopic (exact) mass is 509 g/mol. The Morgan fingerprint density at radius 3 is 2.52 bits per heavy atom. The van der Waals surface area contributed by atoms with Crippen LogP contribution in [0.5, 0.6) is 5.75 Å². The third kappa shape index (κ3) is 6.09. The molecule has 1 aliphatic rings. The minimum atomic E-state index is -0.634. The Kier molecular flexibility index (Phi) is 9.23. The molecule has 0 bridgehead atoms. The third-order valence-corrected chi connectivity index (χ3v) is 5.52. The van der Waals surface area contributed by atoms with E-state index in [9.17, 15) is 5.11 Å². The van der Waals surface area contributed by atoms with Crippen molar-refractivity contribution in [3.8, 4) is 5.75 Å². The van der Waals surface area contributed by atoms with Gasteiger partial charge in [-0.1, -0.05) is 48.9 Å². The van der Waals surface area contributed by atoms with Gasteiger partial charge in [0.1, 0.15) is 5.75 Å². The molecule has 158 valence electrons. The Morgan fingerprint density at radius 1 is 1.14 bits per heavy atom. The molecule has 5 nitrogen and oxygen atoms in total. The van der Waals surface area contributed by atoms with Crippen molar-refractivity contribution in [1.29, 1.82) is 0 Å². The lowest BCUT2D eigenvalue weighted by Crippen LogP contribution is -2.42. The summed E-state index contributed by atoms with van der Waals surface area (Å²) in [6.07, 6.45) is 2.97. The second kappa shape index (κ2) is 11.4. The molecule has 1 saturated carbocycles. The van der Waals surface area contributed by atoms with Crippen molar-refractivity contribution in [3.05, 3.63) is 65.7 Å². The van der Waals surface area contributed by atoms with Gasteiger partial charge < -0.3 is 20.5 Å². The first-order valence-electron chi connectivity index (χ1n) is 10.1. The number of nitrogens with one attached hydrogen (secondary N) is 2. The number of ether oxygens (including phenoxy) is 1. The summed E-state index contributed by atoms with van der Waals surface area (Å²) in [5, 5.41) is 17.1. The van der Waals surface area contributed by atoms with E-state index in [-0.39, 0.29) is 29.4 Å². The highest BCUT2D eigenvalue weighted by Gasteiger charge is 2.38. The van der Waals surface area contributed by atoms with Crippen molar-refractivity contribution >= 4 is 29.9 Å². The zero-order valence-corrected chi connectivity index (χ0v) is 19.6. The third-order valence-electron chi connectivity index (χ3n) is 5.52. The van der Waals surface area contributed by atoms with Crippen molar-refractivity contribution < 1.29 is 9.84 Å². The van der Waals surface area contributed by atoms with Crippen LogP contribution in [0, 0.1) is 0 Å². The molecule has 2 aromatic rings. The van der Waals surface area contributed by atoms with Crippen LogP contribution >= 0.6 is 24.0 Å². The molecule has 1 aliphatic carbocycles. The maximum Gasteiger partial charge on any atom is 0.191 e. The van der Waals surface area contributed by atoms with Crippen LogP contribution in [0.25, 0.3) is 0 Å². The van der Waals surface area contributed by atoms with Crippen LogP contribution in [0.4, 0.5) is 0 Å². The van der Waals surface area contributed by atoms with E-state index in [0.29, 0.717) is 6.54 Å². The molecule has 6 heteroatoms. The molecular formula is C23H32IN3O2. The summed E-state index contributed by atoms with van der Waals surface area (Å²) in [6.45, 7) is 3.96. The molecule has 0 aromatic heterocycles. The summed E-state index contributed by atoms with van der Waals surface area (Å²) in [5.41, 5.74) is 2.34. The largest absolute Gasteiger partial charge is 0.497 e. The van der Waals surface area contributed by atoms with E-state index in [1.807, 2.05) is 31.2 Å². The Hall–Kier alpha value is -1.80. The fourth-order valence-corrected chi connectivity index (χ4v) is 3.67. The summed E-state index contributed by atoms with van der Waals surface area (Å²) in [6, 6.07) is 18.2. The van der Waals surface area contributed by atoms with Crippen molar-refractivity contribution in [2.75, 3.05) is 26.7 Å². The first-order valence-corrected chi connectivity index (χ1v) is 10.1. The molecule has 2 aromatic carbocycles. The smallest absolute Gasteiger partial charge is 0.191 e. The molecule has 0 radical (unpaired) electrons. The van der Waals surface area contributed by atoms with Crippen LogP contribution in [-0.4, -0.2) is 37.8 Å². The van der Waals surface area contributed by atoms with Crippen molar-refractivity contribution in [1.82, 2.24) is 10.6 Å². The Bertz CT molecular complexity index is 779. The Morgan fingerprint density at radius 2 is 1.90 bits per heavy atom. The summed E-state index contributed by atoms with van der Waals surface area (Å²) in [5.74, 6) is 1.48. The number of halogens is 1. The number of benzene rings is 2. The molecule has 3 rings (SSSR count). The van der Waals surface area contributed by atoms with Gasteiger partial charge in [-0.05, 0) is 43.0 Å². The highest BCUT2D eigenvalue weighted by atomic mass is 127. The van der Waals surface area contributed by atoms with Gasteiger partial charge in [-0.15, -0.1) is 24.0 Å². The van der Waals surface area contributed by atoms with Crippen LogP contribution in [0.1, 0.15) is 43.4 Å². The summed E-state index contributed by atoms with van der Waals surface area (Å²) < 4.78 is 5.24. The normalized spacial score (nSPS) is 16.2. The lowest BCUT2D eigenvalue weighted by molar-refractivity contribution is 0.180. The maximum absolute atomic E-state index is 10.5. The zero-order chi connectivity index (χ0) is 19.8. The highest BCUT2D eigenvalue weighted by Crippen LogP contribution is 2.43. The van der Waals surface area contributed by atoms with E-state index in [0.717, 1.165) is 30.4 Å². The maximum atomic E-state index is 10.5. The van der Waals surface area contributed by atoms with E-state index in [1.54, 1.807) is 7.11 Å². The Balaban J connectivity index is 0.00000300. The topological polar surface area (TPSA) is 65.9 Å². The number of aliphatic imine (C=N–C) groups is 1. The lowest BCUT2D eigenvalue weighted by atomic mass is 9.64. The average molecular weight is 509 g/mol. The predicted octanol–water partition coefficient (Wildman–Crippen LogP) is 4.02. The van der Waals surface area contributed by atoms with Gasteiger partial charge in [0.05, 0.1) is 19.8 Å². The van der Waals surface area contributed by atoms with Crippen molar-refractivity contribution in [3.63, 3.8) is 0 Å². The van der Waals surface area contributed by atoms with Crippen LogP contribution in [0.15, 0.2) is 59.6 Å². The number of rotatable bonds is 8. The van der Waals surface area contributed by atoms with Gasteiger partial charge in [-0.25, -0.2) is 0 Å². The number of methoxy groups -OCH3 is 1. The summed E-state index contributed by atoms with van der Waals surface area (Å²) in [4.78, 5) is 4.84. The van der Waals surface area contributed by atoms with Crippen LogP contribution < -0.4 is 15.4 Å². The number of aliphatic hydroxyl groups is 1. The predicted molar refractivity (Wildman–Crippen MR) is 129 cm³/mol. The zero-order valence-electron chi connectivity index (χ0n) is 17.2. The number of nitrogens with zero attached hydrogens (tertiary/aromatic N) is 1. The SMILES string of the molecule is CCNC(=NCC1(c2ccccc2)CCC1)NCC(O)c1cccc(OC)c1.I. The van der Waals surface area contributed by atoms with Gasteiger partial charge >= 0.3 is 0 Å². The van der Waals surface area contributed by atoms with E-state index in [2.05, 4.69) is 41.0 Å². The van der Waals surface area contributed by atoms with Crippen molar-refractivity contribution in [2.45, 2.75) is 37.7 Å². The minimum Gasteiger partial charge on any atom is -0.497 e. The molecular weight excluding hydrogens is 477 g/mol. The van der Waals surface area contributed by atoms with Gasteiger partial charge in [0.25, 0.3) is 0 Å². The number of aliphatic hydroxyl groups excluding tert-OH is 1. The van der Waals surface area contributed by atoms with Gasteiger partial charge in [-0.3, -0.25) is 4.99 Å². The molecule has 0 spiro atoms. The van der Waals surface area contributed by atoms with E-state index in [4.69, 9.17) is 9.73 Å². The molecule has 0 amide bonds. The van der Waals surface area contributed by atoms with Gasteiger partial charge in [-0.2, -0.15) is 0 Å². The first-order chi connectivity index (χ1) is 13.7. The fourth-order valence-electron chi connectivity index (χ4n) is 3.67. The highest BCUT2D eigenvalue weighted by molar-refractivity contribution is 14.0. The average Bonchev–Trinajstić information content (AvgIpc) is 2.71. The molecule has 1 unspecified atom stereocenters. The number of hydrogen-bond acceptors (Lipinski definition) is 3. The molecule has 3 N–H and O–H groups in total. The first kappa shape index (κ1) is 23.5. The lowest BCUT2D eigenvalue weighted by Gasteiger charge is -2.41. The molecule has 0 heterocycles. The van der Waals surface area contributed by atoms with Crippen LogP contribution in [-0.2, 0) is 5.41 Å². The molecule has 1 atom stereocenters. The quantitative estimate of drug-likeness (QED) is 0.286. The summed E-state index contributed by atoms with van der Waals surface area (Å²) >= 11 is 0. The van der Waals surface area contributed by atoms with E-state index < -0.39 is 6.10 Å². The number of guanidine groups is 1. The van der Waals surface area contributed by atoms with E-state index >= 15 is 0 Å². The van der Waals surface area contributed by atoms with Gasteiger partial charge in [0.2, 0.25) is 0 Å². The van der Waals surface area contributed by atoms with Crippen molar-refractivity contribution in [2.24, 2.45) is 4.99 Å². The molecule has 1 fully saturated rings. The standard InChI is InChI=1S/C23H31N3O2.HI/c1-3-24-22(25-16-21(27)18-9-7-12-20(15-18)28-2)26-17-23(13-8-14-23)19-10-5-4-6-11-19;/h4-7,9-12,15,21,27H,3,8,13-14,16-17H2,1-2H3,(H2,24,25,26);1H. The second-order valence-electron chi connectivity index (χ2n) is 7.37. The molecule has 0 aliphatic heterocycles. The second-order valence-corrected chi connectivity index (χ2v) is 7.37.